The maximum absolute atomic E-state index is 13.6. The molecule has 0 radical (unpaired) electrons. The second-order valence-electron chi connectivity index (χ2n) is 4.67. The number of hydrogen-bond donors (Lipinski definition) is 0. The van der Waals surface area contributed by atoms with E-state index in [1.807, 2.05) is 0 Å². The first-order chi connectivity index (χ1) is 9.88. The molecule has 1 atom stereocenters. The van der Waals surface area contributed by atoms with Crippen molar-refractivity contribution in [2.75, 3.05) is 13.2 Å². The number of hydrogen-bond acceptors (Lipinski definition) is 5. The van der Waals surface area contributed by atoms with Gasteiger partial charge in [-0.3, -0.25) is 0 Å². The molecule has 0 bridgehead atoms. The summed E-state index contributed by atoms with van der Waals surface area (Å²) in [5.41, 5.74) is -0.465. The standard InChI is InChI=1S/C13H14ClFO5S/c14-21(17,18)10-4-5-12(15)11(7-10)13(16)20-8-9-3-1-2-6-19-9/h4-5,7,9H,1-3,6,8H2. The van der Waals surface area contributed by atoms with Gasteiger partial charge >= 0.3 is 5.97 Å². The van der Waals surface area contributed by atoms with E-state index in [0.29, 0.717) is 6.61 Å². The summed E-state index contributed by atoms with van der Waals surface area (Å²) in [6.07, 6.45) is 2.52. The number of carbonyl (C=O) groups is 1. The third-order valence-electron chi connectivity index (χ3n) is 3.11. The molecule has 1 aromatic rings. The lowest BCUT2D eigenvalue weighted by Crippen LogP contribution is -2.26. The van der Waals surface area contributed by atoms with E-state index in [2.05, 4.69) is 0 Å². The van der Waals surface area contributed by atoms with Crippen molar-refractivity contribution >= 4 is 25.7 Å². The lowest BCUT2D eigenvalue weighted by molar-refractivity contribution is -0.0302. The predicted molar refractivity (Wildman–Crippen MR) is 73.3 cm³/mol. The van der Waals surface area contributed by atoms with Crippen LogP contribution in [0.4, 0.5) is 4.39 Å². The van der Waals surface area contributed by atoms with E-state index in [4.69, 9.17) is 20.2 Å². The molecule has 21 heavy (non-hydrogen) atoms. The van der Waals surface area contributed by atoms with Crippen LogP contribution in [0, 0.1) is 5.82 Å². The number of rotatable bonds is 4. The Kier molecular flexibility index (Phi) is 5.18. The monoisotopic (exact) mass is 336 g/mol. The highest BCUT2D eigenvalue weighted by Crippen LogP contribution is 2.20. The summed E-state index contributed by atoms with van der Waals surface area (Å²) >= 11 is 0. The molecule has 0 N–H and O–H groups in total. The zero-order chi connectivity index (χ0) is 15.5. The molecule has 1 heterocycles. The quantitative estimate of drug-likeness (QED) is 0.624. The summed E-state index contributed by atoms with van der Waals surface area (Å²) in [5.74, 6) is -1.81. The van der Waals surface area contributed by atoms with E-state index in [9.17, 15) is 17.6 Å². The van der Waals surface area contributed by atoms with E-state index in [1.165, 1.54) is 0 Å². The topological polar surface area (TPSA) is 69.7 Å². The van der Waals surface area contributed by atoms with Crippen molar-refractivity contribution in [1.82, 2.24) is 0 Å². The summed E-state index contributed by atoms with van der Waals surface area (Å²) in [5, 5.41) is 0. The number of halogens is 2. The van der Waals surface area contributed by atoms with Crippen molar-refractivity contribution < 1.29 is 27.1 Å². The van der Waals surface area contributed by atoms with Gasteiger partial charge in [-0.15, -0.1) is 0 Å². The van der Waals surface area contributed by atoms with Crippen LogP contribution in [0.3, 0.4) is 0 Å². The van der Waals surface area contributed by atoms with Crippen molar-refractivity contribution in [2.24, 2.45) is 0 Å². The van der Waals surface area contributed by atoms with Crippen LogP contribution in [0.2, 0.25) is 0 Å². The van der Waals surface area contributed by atoms with Gasteiger partial charge in [0.15, 0.2) is 0 Å². The van der Waals surface area contributed by atoms with Gasteiger partial charge in [0.2, 0.25) is 0 Å². The largest absolute Gasteiger partial charge is 0.459 e. The van der Waals surface area contributed by atoms with Crippen LogP contribution in [0.1, 0.15) is 29.6 Å². The number of esters is 1. The van der Waals surface area contributed by atoms with Crippen molar-refractivity contribution in [3.63, 3.8) is 0 Å². The number of ether oxygens (including phenoxy) is 2. The molecule has 0 aliphatic carbocycles. The first kappa shape index (κ1) is 16.2. The Balaban J connectivity index is 2.07. The Morgan fingerprint density at radius 3 is 2.81 bits per heavy atom. The van der Waals surface area contributed by atoms with Gasteiger partial charge in [0.25, 0.3) is 9.05 Å². The third kappa shape index (κ3) is 4.39. The van der Waals surface area contributed by atoms with E-state index in [0.717, 1.165) is 37.5 Å². The molecule has 1 unspecified atom stereocenters. The smallest absolute Gasteiger partial charge is 0.341 e. The Bertz CT molecular complexity index is 625. The predicted octanol–water partition coefficient (Wildman–Crippen LogP) is 2.48. The normalized spacial score (nSPS) is 19.2. The first-order valence-electron chi connectivity index (χ1n) is 6.41. The molecular formula is C13H14ClFO5S. The van der Waals surface area contributed by atoms with Gasteiger partial charge in [-0.1, -0.05) is 0 Å². The van der Waals surface area contributed by atoms with Crippen LogP contribution in [-0.4, -0.2) is 33.7 Å². The Hall–Kier alpha value is -1.18. The minimum atomic E-state index is -4.04. The average Bonchev–Trinajstić information content (AvgIpc) is 2.45. The van der Waals surface area contributed by atoms with Crippen LogP contribution >= 0.6 is 10.7 Å². The van der Waals surface area contributed by atoms with Crippen molar-refractivity contribution in [2.45, 2.75) is 30.3 Å². The highest BCUT2D eigenvalue weighted by atomic mass is 35.7. The molecule has 1 fully saturated rings. The molecule has 1 aromatic carbocycles. The van der Waals surface area contributed by atoms with E-state index >= 15 is 0 Å². The summed E-state index contributed by atoms with van der Waals surface area (Å²) in [6.45, 7) is 0.618. The highest BCUT2D eigenvalue weighted by molar-refractivity contribution is 8.13. The number of carbonyl (C=O) groups excluding carboxylic acids is 1. The van der Waals surface area contributed by atoms with Gasteiger partial charge in [-0.05, 0) is 37.5 Å². The molecule has 0 aromatic heterocycles. The molecule has 1 aliphatic heterocycles. The minimum Gasteiger partial charge on any atom is -0.459 e. The third-order valence-corrected chi connectivity index (χ3v) is 4.47. The molecule has 0 amide bonds. The van der Waals surface area contributed by atoms with Gasteiger partial charge < -0.3 is 9.47 Å². The van der Waals surface area contributed by atoms with Gasteiger partial charge in [0.1, 0.15) is 12.4 Å². The Labute approximate surface area is 126 Å². The fraction of sp³-hybridized carbons (Fsp3) is 0.462. The maximum Gasteiger partial charge on any atom is 0.341 e. The fourth-order valence-electron chi connectivity index (χ4n) is 2.00. The second kappa shape index (κ2) is 6.72. The summed E-state index contributed by atoms with van der Waals surface area (Å²) < 4.78 is 46.4. The van der Waals surface area contributed by atoms with Crippen LogP contribution < -0.4 is 0 Å². The van der Waals surface area contributed by atoms with E-state index < -0.39 is 26.4 Å². The molecule has 1 saturated heterocycles. The van der Waals surface area contributed by atoms with Crippen LogP contribution in [0.25, 0.3) is 0 Å². The number of benzene rings is 1. The molecule has 0 saturated carbocycles. The molecular weight excluding hydrogens is 323 g/mol. The lowest BCUT2D eigenvalue weighted by atomic mass is 10.1. The summed E-state index contributed by atoms with van der Waals surface area (Å²) in [7, 11) is 1.13. The molecule has 5 nitrogen and oxygen atoms in total. The Morgan fingerprint density at radius 1 is 1.43 bits per heavy atom. The summed E-state index contributed by atoms with van der Waals surface area (Å²) in [6, 6.07) is 2.71. The zero-order valence-corrected chi connectivity index (χ0v) is 12.6. The van der Waals surface area contributed by atoms with Gasteiger partial charge in [0, 0.05) is 17.3 Å². The minimum absolute atomic E-state index is 0.0100. The van der Waals surface area contributed by atoms with Crippen molar-refractivity contribution in [3.8, 4) is 0 Å². The molecule has 0 spiro atoms. The molecule has 116 valence electrons. The molecule has 1 aliphatic rings. The fourth-order valence-corrected chi connectivity index (χ4v) is 2.77. The van der Waals surface area contributed by atoms with Crippen molar-refractivity contribution in [1.29, 1.82) is 0 Å². The Morgan fingerprint density at radius 2 is 2.19 bits per heavy atom. The first-order valence-corrected chi connectivity index (χ1v) is 8.72. The summed E-state index contributed by atoms with van der Waals surface area (Å²) in [4.78, 5) is 11.5. The molecule has 2 rings (SSSR count). The van der Waals surface area contributed by atoms with Gasteiger partial charge in [-0.2, -0.15) is 0 Å². The van der Waals surface area contributed by atoms with Crippen molar-refractivity contribution in [3.05, 3.63) is 29.6 Å². The van der Waals surface area contributed by atoms with Gasteiger partial charge in [0.05, 0.1) is 16.6 Å². The maximum atomic E-state index is 13.6. The lowest BCUT2D eigenvalue weighted by Gasteiger charge is -2.22. The van der Waals surface area contributed by atoms with E-state index in [1.54, 1.807) is 0 Å². The zero-order valence-electron chi connectivity index (χ0n) is 11.1. The van der Waals surface area contributed by atoms with Crippen LogP contribution in [0.15, 0.2) is 23.1 Å². The van der Waals surface area contributed by atoms with Crippen LogP contribution in [-0.2, 0) is 18.5 Å². The highest BCUT2D eigenvalue weighted by Gasteiger charge is 2.21. The second-order valence-corrected chi connectivity index (χ2v) is 7.23. The molecule has 8 heteroatoms. The van der Waals surface area contributed by atoms with Crippen LogP contribution in [0.5, 0.6) is 0 Å². The average molecular weight is 337 g/mol. The van der Waals surface area contributed by atoms with Gasteiger partial charge in [-0.25, -0.2) is 17.6 Å². The SMILES string of the molecule is O=C(OCC1CCCCO1)c1cc(S(=O)(=O)Cl)ccc1F. The van der Waals surface area contributed by atoms with E-state index in [-0.39, 0.29) is 17.6 Å².